The van der Waals surface area contributed by atoms with E-state index in [0.717, 1.165) is 27.8 Å². The number of hydrogen-bond acceptors (Lipinski definition) is 6. The van der Waals surface area contributed by atoms with Crippen molar-refractivity contribution in [1.29, 1.82) is 0 Å². The lowest BCUT2D eigenvalue weighted by molar-refractivity contribution is 1.12. The van der Waals surface area contributed by atoms with Gasteiger partial charge in [-0.3, -0.25) is 0 Å². The lowest BCUT2D eigenvalue weighted by Crippen LogP contribution is -2.19. The molecule has 0 fully saturated rings. The Labute approximate surface area is 181 Å². The normalized spacial score (nSPS) is 18.3. The number of allylic oxidation sites excluding steroid dienone is 4. The molecule has 0 unspecified atom stereocenters. The third-order valence-corrected chi connectivity index (χ3v) is 6.22. The Morgan fingerprint density at radius 2 is 1.50 bits per heavy atom. The van der Waals surface area contributed by atoms with E-state index in [0.29, 0.717) is 36.6 Å². The van der Waals surface area contributed by atoms with Gasteiger partial charge < -0.3 is 15.3 Å². The molecule has 136 valence electrons. The molecule has 4 nitrogen and oxygen atoms in total. The maximum atomic E-state index is 5.53. The highest BCUT2D eigenvalue weighted by molar-refractivity contribution is 7.93. The standard InChI is InChI=1S/C20H12N4S4/c25-15-8-13-6-11-2-1-9(21-11)5-10-3-4-12(22-10)7-14-18(26)20(28)17(24-14)19(27)16(15)23-13/h1-8,21-23,27H. The monoisotopic (exact) mass is 436 g/mol. The van der Waals surface area contributed by atoms with Gasteiger partial charge in [-0.1, -0.05) is 36.7 Å². The van der Waals surface area contributed by atoms with E-state index in [-0.39, 0.29) is 0 Å². The van der Waals surface area contributed by atoms with E-state index in [9.17, 15) is 0 Å². The van der Waals surface area contributed by atoms with Gasteiger partial charge in [0.05, 0.1) is 36.6 Å². The Morgan fingerprint density at radius 3 is 2.29 bits per heavy atom. The molecule has 5 heterocycles. The first kappa shape index (κ1) is 17.7. The summed E-state index contributed by atoms with van der Waals surface area (Å²) in [6, 6.07) is 8.03. The number of aromatic amines is 2. The highest BCUT2D eigenvalue weighted by Crippen LogP contribution is 2.26. The average Bonchev–Trinajstić information content (AvgIpc) is 3.42. The molecular weight excluding hydrogens is 425 g/mol. The number of hydrogen-bond donors (Lipinski definition) is 4. The highest BCUT2D eigenvalue weighted by Gasteiger charge is 2.29. The van der Waals surface area contributed by atoms with Crippen molar-refractivity contribution in [3.05, 3.63) is 74.4 Å². The van der Waals surface area contributed by atoms with Crippen LogP contribution in [0.2, 0.25) is 0 Å². The van der Waals surface area contributed by atoms with Gasteiger partial charge in [-0.15, -0.1) is 12.6 Å². The van der Waals surface area contributed by atoms with Crippen LogP contribution in [-0.2, 0) is 0 Å². The number of H-pyrrole nitrogens is 2. The van der Waals surface area contributed by atoms with Crippen molar-refractivity contribution < 1.29 is 0 Å². The van der Waals surface area contributed by atoms with Crippen LogP contribution in [0, 0.1) is 0 Å². The second-order valence-electron chi connectivity index (χ2n) is 6.49. The summed E-state index contributed by atoms with van der Waals surface area (Å²) in [5, 5.41) is 5.27. The number of nitrogens with one attached hydrogen (secondary N) is 3. The van der Waals surface area contributed by atoms with Crippen LogP contribution in [-0.4, -0.2) is 30.3 Å². The molecule has 3 aliphatic rings. The van der Waals surface area contributed by atoms with Crippen molar-refractivity contribution in [1.82, 2.24) is 15.3 Å². The van der Waals surface area contributed by atoms with Gasteiger partial charge in [-0.2, -0.15) is 0 Å². The van der Waals surface area contributed by atoms with Crippen LogP contribution in [0.4, 0.5) is 0 Å². The topological polar surface area (TPSA) is 56.0 Å². The predicted octanol–water partition coefficient (Wildman–Crippen LogP) is 2.50. The second kappa shape index (κ2) is 6.59. The van der Waals surface area contributed by atoms with E-state index in [1.165, 1.54) is 0 Å². The molecular formula is C20H12N4S4. The Morgan fingerprint density at radius 1 is 0.786 bits per heavy atom. The fourth-order valence-corrected chi connectivity index (χ4v) is 4.43. The minimum Gasteiger partial charge on any atom is -0.355 e. The van der Waals surface area contributed by atoms with E-state index in [4.69, 9.17) is 36.7 Å². The van der Waals surface area contributed by atoms with Gasteiger partial charge in [0, 0.05) is 27.8 Å². The van der Waals surface area contributed by atoms with Crippen LogP contribution in [0.15, 0.2) is 57.3 Å². The number of aliphatic imine (C=N–C) groups is 1. The third-order valence-electron chi connectivity index (χ3n) is 4.53. The molecule has 0 radical (unpaired) electrons. The predicted molar refractivity (Wildman–Crippen MR) is 129 cm³/mol. The minimum absolute atomic E-state index is 0.511. The number of nitrogens with zero attached hydrogens (tertiary/aromatic N) is 1. The van der Waals surface area contributed by atoms with Crippen LogP contribution >= 0.6 is 49.3 Å². The summed E-state index contributed by atoms with van der Waals surface area (Å²) in [7, 11) is 0. The summed E-state index contributed by atoms with van der Waals surface area (Å²) in [6.45, 7) is 0. The smallest absolute Gasteiger partial charge is 0.0988 e. The van der Waals surface area contributed by atoms with Gasteiger partial charge in [0.25, 0.3) is 0 Å². The zero-order valence-electron chi connectivity index (χ0n) is 14.2. The third kappa shape index (κ3) is 2.98. The van der Waals surface area contributed by atoms with E-state index in [1.54, 1.807) is 0 Å². The van der Waals surface area contributed by atoms with Gasteiger partial charge in [-0.25, -0.2) is 4.99 Å². The van der Waals surface area contributed by atoms with Crippen molar-refractivity contribution in [2.24, 2.45) is 4.99 Å². The minimum atomic E-state index is 0.511. The van der Waals surface area contributed by atoms with E-state index in [1.807, 2.05) is 48.6 Å². The zero-order valence-corrected chi connectivity index (χ0v) is 17.6. The van der Waals surface area contributed by atoms with Crippen molar-refractivity contribution >= 4 is 87.8 Å². The van der Waals surface area contributed by atoms with Gasteiger partial charge >= 0.3 is 0 Å². The molecule has 2 aromatic rings. The molecule has 0 saturated heterocycles. The van der Waals surface area contributed by atoms with Gasteiger partial charge in [0.15, 0.2) is 0 Å². The van der Waals surface area contributed by atoms with Crippen molar-refractivity contribution in [3.63, 3.8) is 0 Å². The van der Waals surface area contributed by atoms with Crippen LogP contribution in [0.1, 0.15) is 11.4 Å². The number of aromatic nitrogens is 2. The Hall–Kier alpha value is -2.39. The molecule has 28 heavy (non-hydrogen) atoms. The first-order chi connectivity index (χ1) is 13.5. The maximum absolute atomic E-state index is 5.53. The summed E-state index contributed by atoms with van der Waals surface area (Å²) in [5.41, 5.74) is 4.67. The molecule has 8 bridgehead atoms. The first-order valence-electron chi connectivity index (χ1n) is 8.41. The van der Waals surface area contributed by atoms with Gasteiger partial charge in [0.2, 0.25) is 0 Å². The summed E-state index contributed by atoms with van der Waals surface area (Å²) >= 11 is 21.2. The van der Waals surface area contributed by atoms with Crippen molar-refractivity contribution in [2.75, 3.05) is 0 Å². The summed E-state index contributed by atoms with van der Waals surface area (Å²) in [6.07, 6.45) is 7.83. The molecule has 8 heteroatoms. The molecule has 2 aromatic heterocycles. The summed E-state index contributed by atoms with van der Waals surface area (Å²) < 4.78 is 0. The molecule has 0 atom stereocenters. The largest absolute Gasteiger partial charge is 0.355 e. The van der Waals surface area contributed by atoms with Gasteiger partial charge in [-0.05, 0) is 48.6 Å². The molecule has 0 amide bonds. The highest BCUT2D eigenvalue weighted by atomic mass is 32.1. The van der Waals surface area contributed by atoms with Crippen LogP contribution < -0.4 is 16.0 Å². The van der Waals surface area contributed by atoms with Gasteiger partial charge in [0.1, 0.15) is 0 Å². The first-order valence-corrected chi connectivity index (χ1v) is 10.1. The molecule has 3 N–H and O–H groups in total. The molecule has 5 rings (SSSR count). The summed E-state index contributed by atoms with van der Waals surface area (Å²) in [5.74, 6) is 0. The van der Waals surface area contributed by atoms with Crippen LogP contribution in [0.3, 0.4) is 0 Å². The number of rotatable bonds is 0. The second-order valence-corrected chi connectivity index (χ2v) is 8.19. The fraction of sp³-hybridized carbons (Fsp3) is 0. The average molecular weight is 437 g/mol. The lowest BCUT2D eigenvalue weighted by Gasteiger charge is -2.07. The van der Waals surface area contributed by atoms with E-state index < -0.39 is 0 Å². The Kier molecular flexibility index (Phi) is 4.17. The molecule has 0 spiro atoms. The summed E-state index contributed by atoms with van der Waals surface area (Å²) in [4.78, 5) is 13.7. The van der Waals surface area contributed by atoms with Crippen molar-refractivity contribution in [3.8, 4) is 0 Å². The van der Waals surface area contributed by atoms with Crippen molar-refractivity contribution in [2.45, 2.75) is 0 Å². The van der Waals surface area contributed by atoms with E-state index in [2.05, 4.69) is 32.9 Å². The SMILES string of the molecule is S=C1C=C2C=c3ccc([nH]3)=Cc3ccc([nH]3)C=C3N=C(C(=S)C3=S)C(S)=C1N2. The molecule has 3 aliphatic heterocycles. The quantitative estimate of drug-likeness (QED) is 0.379. The number of thiol groups is 1. The van der Waals surface area contributed by atoms with E-state index >= 15 is 0 Å². The maximum Gasteiger partial charge on any atom is 0.0988 e. The number of thiocarbonyl (C=S) groups is 3. The zero-order chi connectivity index (χ0) is 19.4. The van der Waals surface area contributed by atoms with Crippen LogP contribution in [0.5, 0.6) is 0 Å². The number of fused-ring (bicyclic) bond motifs is 7. The molecule has 0 aromatic carbocycles. The lowest BCUT2D eigenvalue weighted by atomic mass is 10.1. The van der Waals surface area contributed by atoms with Crippen LogP contribution in [0.25, 0.3) is 18.2 Å². The Bertz CT molecular complexity index is 1340. The Balaban J connectivity index is 1.76. The molecule has 0 saturated carbocycles. The molecule has 0 aliphatic carbocycles. The fourth-order valence-electron chi connectivity index (χ4n) is 3.21.